The van der Waals surface area contributed by atoms with Gasteiger partial charge in [-0.2, -0.15) is 0 Å². The summed E-state index contributed by atoms with van der Waals surface area (Å²) in [6.07, 6.45) is 0. The van der Waals surface area contributed by atoms with E-state index in [2.05, 4.69) is 9.97 Å². The van der Waals surface area contributed by atoms with Crippen LogP contribution in [0.4, 0.5) is 0 Å². The number of aromatic nitrogens is 2. The van der Waals surface area contributed by atoms with Crippen LogP contribution in [0.15, 0.2) is 12.1 Å². The largest absolute Gasteiger partial charge is 0.494 e. The highest BCUT2D eigenvalue weighted by Crippen LogP contribution is 2.40. The number of imidazole rings is 1. The zero-order valence-electron chi connectivity index (χ0n) is 9.05. The van der Waals surface area contributed by atoms with Crippen LogP contribution in [-0.2, 0) is 3.79 Å². The summed E-state index contributed by atoms with van der Waals surface area (Å²) >= 11 is 17.3. The van der Waals surface area contributed by atoms with Gasteiger partial charge in [-0.05, 0) is 12.1 Å². The van der Waals surface area contributed by atoms with Crippen LogP contribution in [0.5, 0.6) is 11.5 Å². The van der Waals surface area contributed by atoms with Crippen LogP contribution in [-0.4, -0.2) is 24.2 Å². The van der Waals surface area contributed by atoms with Crippen molar-refractivity contribution in [3.8, 4) is 11.5 Å². The first-order valence-corrected chi connectivity index (χ1v) is 5.78. The van der Waals surface area contributed by atoms with Gasteiger partial charge in [0.1, 0.15) is 22.5 Å². The molecule has 92 valence electrons. The van der Waals surface area contributed by atoms with Crippen molar-refractivity contribution in [2.24, 2.45) is 0 Å². The SMILES string of the molecule is COc1ccc(OC)c2[nH]c(C(Cl)(Cl)Cl)nc12. The standard InChI is InChI=1S/C10H9Cl3N2O2/c1-16-5-3-4-6(17-2)8-7(5)14-9(15-8)10(11,12)13/h3-4H,1-2H3,(H,14,15). The summed E-state index contributed by atoms with van der Waals surface area (Å²) in [6, 6.07) is 3.49. The van der Waals surface area contributed by atoms with E-state index in [4.69, 9.17) is 44.3 Å². The second kappa shape index (κ2) is 4.44. The van der Waals surface area contributed by atoms with Gasteiger partial charge in [0.05, 0.1) is 14.2 Å². The van der Waals surface area contributed by atoms with Gasteiger partial charge in [0.2, 0.25) is 3.79 Å². The number of methoxy groups -OCH3 is 2. The third kappa shape index (κ3) is 2.25. The maximum Gasteiger partial charge on any atom is 0.248 e. The van der Waals surface area contributed by atoms with Gasteiger partial charge in [-0.25, -0.2) is 4.98 Å². The zero-order valence-corrected chi connectivity index (χ0v) is 11.3. The van der Waals surface area contributed by atoms with Crippen LogP contribution in [0.25, 0.3) is 11.0 Å². The molecule has 0 fully saturated rings. The second-order valence-electron chi connectivity index (χ2n) is 3.28. The Kier molecular flexibility index (Phi) is 3.30. The minimum absolute atomic E-state index is 0.223. The number of alkyl halides is 3. The summed E-state index contributed by atoms with van der Waals surface area (Å²) < 4.78 is 8.77. The maximum absolute atomic E-state index is 5.78. The third-order valence-electron chi connectivity index (χ3n) is 2.28. The van der Waals surface area contributed by atoms with Crippen molar-refractivity contribution in [3.05, 3.63) is 18.0 Å². The number of nitrogens with one attached hydrogen (secondary N) is 1. The van der Waals surface area contributed by atoms with Gasteiger partial charge < -0.3 is 14.5 Å². The summed E-state index contributed by atoms with van der Waals surface area (Å²) in [4.78, 5) is 7.12. The third-order valence-corrected chi connectivity index (χ3v) is 2.82. The summed E-state index contributed by atoms with van der Waals surface area (Å²) in [5.74, 6) is 1.41. The number of hydrogen-bond acceptors (Lipinski definition) is 3. The summed E-state index contributed by atoms with van der Waals surface area (Å²) in [6.45, 7) is 0. The number of aromatic amines is 1. The molecule has 0 amide bonds. The van der Waals surface area contributed by atoms with Crippen LogP contribution < -0.4 is 9.47 Å². The van der Waals surface area contributed by atoms with E-state index >= 15 is 0 Å². The van der Waals surface area contributed by atoms with Crippen LogP contribution in [0.1, 0.15) is 5.82 Å². The first kappa shape index (κ1) is 12.6. The van der Waals surface area contributed by atoms with Crippen LogP contribution in [0, 0.1) is 0 Å². The smallest absolute Gasteiger partial charge is 0.248 e. The van der Waals surface area contributed by atoms with Gasteiger partial charge in [0, 0.05) is 0 Å². The summed E-state index contributed by atoms with van der Waals surface area (Å²) in [7, 11) is 3.10. The number of nitrogens with zero attached hydrogens (tertiary/aromatic N) is 1. The molecule has 0 aliphatic rings. The molecule has 1 N–H and O–H groups in total. The first-order chi connectivity index (χ1) is 7.97. The lowest BCUT2D eigenvalue weighted by molar-refractivity contribution is 0.409. The number of H-pyrrole nitrogens is 1. The molecular weight excluding hydrogens is 286 g/mol. The lowest BCUT2D eigenvalue weighted by atomic mass is 10.2. The Balaban J connectivity index is 2.72. The fourth-order valence-electron chi connectivity index (χ4n) is 1.51. The van der Waals surface area contributed by atoms with E-state index < -0.39 is 3.79 Å². The van der Waals surface area contributed by atoms with Crippen LogP contribution >= 0.6 is 34.8 Å². The second-order valence-corrected chi connectivity index (χ2v) is 5.56. The maximum atomic E-state index is 5.78. The Hall–Kier alpha value is -0.840. The van der Waals surface area contributed by atoms with Crippen molar-refractivity contribution in [1.82, 2.24) is 9.97 Å². The average Bonchev–Trinajstić information content (AvgIpc) is 2.72. The molecule has 17 heavy (non-hydrogen) atoms. The van der Waals surface area contributed by atoms with Gasteiger partial charge in [-0.3, -0.25) is 0 Å². The summed E-state index contributed by atoms with van der Waals surface area (Å²) in [5.41, 5.74) is 1.20. The number of fused-ring (bicyclic) bond motifs is 1. The molecule has 1 aromatic carbocycles. The molecule has 0 unspecified atom stereocenters. The van der Waals surface area contributed by atoms with Crippen LogP contribution in [0.2, 0.25) is 0 Å². The van der Waals surface area contributed by atoms with Crippen molar-refractivity contribution in [2.45, 2.75) is 3.79 Å². The van der Waals surface area contributed by atoms with E-state index in [1.807, 2.05) is 0 Å². The minimum Gasteiger partial charge on any atom is -0.494 e. The number of hydrogen-bond donors (Lipinski definition) is 1. The molecule has 1 heterocycles. The molecule has 2 rings (SSSR count). The van der Waals surface area contributed by atoms with Gasteiger partial charge in [-0.1, -0.05) is 34.8 Å². The Morgan fingerprint density at radius 3 is 2.24 bits per heavy atom. The first-order valence-electron chi connectivity index (χ1n) is 4.65. The van der Waals surface area contributed by atoms with Gasteiger partial charge in [0.25, 0.3) is 0 Å². The van der Waals surface area contributed by atoms with E-state index in [-0.39, 0.29) is 5.82 Å². The van der Waals surface area contributed by atoms with E-state index in [1.54, 1.807) is 26.4 Å². The number of ether oxygens (including phenoxy) is 2. The van der Waals surface area contributed by atoms with Gasteiger partial charge in [0.15, 0.2) is 5.82 Å². The normalized spacial score (nSPS) is 11.8. The topological polar surface area (TPSA) is 47.1 Å². The predicted molar refractivity (Wildman–Crippen MR) is 68.4 cm³/mol. The van der Waals surface area contributed by atoms with Gasteiger partial charge >= 0.3 is 0 Å². The monoisotopic (exact) mass is 294 g/mol. The number of benzene rings is 1. The molecule has 0 saturated carbocycles. The van der Waals surface area contributed by atoms with Crippen molar-refractivity contribution < 1.29 is 9.47 Å². The molecule has 4 nitrogen and oxygen atoms in total. The Bertz CT molecular complexity index is 507. The Morgan fingerprint density at radius 2 is 1.71 bits per heavy atom. The molecule has 0 bridgehead atoms. The summed E-state index contributed by atoms with van der Waals surface area (Å²) in [5, 5.41) is 0. The molecule has 0 saturated heterocycles. The molecular formula is C10H9Cl3N2O2. The fourth-order valence-corrected chi connectivity index (χ4v) is 1.78. The highest BCUT2D eigenvalue weighted by atomic mass is 35.6. The number of rotatable bonds is 2. The highest BCUT2D eigenvalue weighted by Gasteiger charge is 2.28. The van der Waals surface area contributed by atoms with E-state index in [1.165, 1.54) is 0 Å². The Morgan fingerprint density at radius 1 is 1.12 bits per heavy atom. The van der Waals surface area contributed by atoms with E-state index in [9.17, 15) is 0 Å². The lowest BCUT2D eigenvalue weighted by Crippen LogP contribution is -2.02. The molecule has 2 aromatic rings. The van der Waals surface area contributed by atoms with Crippen molar-refractivity contribution in [1.29, 1.82) is 0 Å². The quantitative estimate of drug-likeness (QED) is 0.864. The lowest BCUT2D eigenvalue weighted by Gasteiger charge is -2.05. The minimum atomic E-state index is -1.62. The van der Waals surface area contributed by atoms with Crippen LogP contribution in [0.3, 0.4) is 0 Å². The molecule has 0 atom stereocenters. The van der Waals surface area contributed by atoms with Crippen molar-refractivity contribution >= 4 is 45.8 Å². The Labute approximate surface area is 113 Å². The molecule has 0 radical (unpaired) electrons. The molecule has 7 heteroatoms. The predicted octanol–water partition coefficient (Wildman–Crippen LogP) is 3.41. The molecule has 1 aromatic heterocycles. The van der Waals surface area contributed by atoms with Crippen molar-refractivity contribution in [3.63, 3.8) is 0 Å². The zero-order chi connectivity index (χ0) is 12.6. The van der Waals surface area contributed by atoms with Gasteiger partial charge in [-0.15, -0.1) is 0 Å². The highest BCUT2D eigenvalue weighted by molar-refractivity contribution is 6.66. The molecule has 0 aliphatic heterocycles. The average molecular weight is 296 g/mol. The van der Waals surface area contributed by atoms with E-state index in [0.29, 0.717) is 22.5 Å². The van der Waals surface area contributed by atoms with Crippen molar-refractivity contribution in [2.75, 3.05) is 14.2 Å². The fraction of sp³-hybridized carbons (Fsp3) is 0.300. The van der Waals surface area contributed by atoms with E-state index in [0.717, 1.165) is 0 Å². The molecule has 0 spiro atoms. The molecule has 0 aliphatic carbocycles. The number of halogens is 3.